The molecule has 1 aromatic rings. The lowest BCUT2D eigenvalue weighted by Gasteiger charge is -2.34. The van der Waals surface area contributed by atoms with Crippen LogP contribution in [0.2, 0.25) is 0 Å². The number of benzene rings is 1. The lowest BCUT2D eigenvalue weighted by atomic mass is 10.0. The third-order valence-corrected chi connectivity index (χ3v) is 3.53. The summed E-state index contributed by atoms with van der Waals surface area (Å²) < 4.78 is 0. The van der Waals surface area contributed by atoms with Crippen LogP contribution < -0.4 is 0 Å². The highest BCUT2D eigenvalue weighted by Crippen LogP contribution is 2.25. The highest BCUT2D eigenvalue weighted by molar-refractivity contribution is 5.65. The topological polar surface area (TPSA) is 3.24 Å². The maximum Gasteiger partial charge on any atom is 0.0125 e. The lowest BCUT2D eigenvalue weighted by molar-refractivity contribution is 0.145. The van der Waals surface area contributed by atoms with Gasteiger partial charge in [0.15, 0.2) is 0 Å². The molecule has 17 heavy (non-hydrogen) atoms. The van der Waals surface area contributed by atoms with Gasteiger partial charge in [-0.15, -0.1) is 0 Å². The normalized spacial score (nSPS) is 18.6. The van der Waals surface area contributed by atoms with Crippen molar-refractivity contribution >= 4 is 5.57 Å². The summed E-state index contributed by atoms with van der Waals surface area (Å²) in [6.07, 6.45) is 4.75. The van der Waals surface area contributed by atoms with Crippen molar-refractivity contribution in [2.24, 2.45) is 0 Å². The second-order valence-corrected chi connectivity index (χ2v) is 5.79. The summed E-state index contributed by atoms with van der Waals surface area (Å²) in [6.45, 7) is 9.27. The first-order valence-corrected chi connectivity index (χ1v) is 6.57. The Morgan fingerprint density at radius 2 is 1.71 bits per heavy atom. The molecule has 0 N–H and O–H groups in total. The number of hydrogen-bond acceptors (Lipinski definition) is 1. The quantitative estimate of drug-likeness (QED) is 0.704. The number of nitrogens with zero attached hydrogens (tertiary/aromatic N) is 1. The summed E-state index contributed by atoms with van der Waals surface area (Å²) in [5, 5.41) is 0. The monoisotopic (exact) mass is 229 g/mol. The van der Waals surface area contributed by atoms with Crippen LogP contribution in [0.25, 0.3) is 5.57 Å². The van der Waals surface area contributed by atoms with Gasteiger partial charge in [-0.2, -0.15) is 0 Å². The van der Waals surface area contributed by atoms with E-state index >= 15 is 0 Å². The molecule has 1 aromatic carbocycles. The molecule has 0 amide bonds. The second-order valence-electron chi connectivity index (χ2n) is 5.79. The molecule has 1 heterocycles. The molecule has 0 aliphatic carbocycles. The van der Waals surface area contributed by atoms with Crippen LogP contribution in [0.5, 0.6) is 0 Å². The molecule has 1 nitrogen and oxygen atoms in total. The van der Waals surface area contributed by atoms with Crippen molar-refractivity contribution < 1.29 is 0 Å². The Morgan fingerprint density at radius 1 is 1.00 bits per heavy atom. The average molecular weight is 229 g/mol. The predicted octanol–water partition coefficient (Wildman–Crippen LogP) is 3.96. The minimum atomic E-state index is 0.292. The fourth-order valence-corrected chi connectivity index (χ4v) is 2.45. The van der Waals surface area contributed by atoms with Crippen LogP contribution in [0.15, 0.2) is 36.4 Å². The van der Waals surface area contributed by atoms with Gasteiger partial charge in [-0.25, -0.2) is 0 Å². The molecule has 0 atom stereocenters. The maximum atomic E-state index is 2.58. The van der Waals surface area contributed by atoms with Crippen LogP contribution in [-0.4, -0.2) is 23.5 Å². The average Bonchev–Trinajstić information content (AvgIpc) is 2.55. The Hall–Kier alpha value is -1.08. The molecule has 1 aliphatic rings. The molecule has 0 aromatic heterocycles. The standard InChI is InChI=1S/C16H23N/c1-16(2,3)17-12-7-10-15(11-13-17)14-8-5-4-6-9-14/h4-6,8-10H,7,11-13H2,1-3H3. The van der Waals surface area contributed by atoms with Gasteiger partial charge in [0.05, 0.1) is 0 Å². The molecule has 0 unspecified atom stereocenters. The van der Waals surface area contributed by atoms with Crippen LogP contribution in [0, 0.1) is 0 Å². The van der Waals surface area contributed by atoms with E-state index in [0.717, 1.165) is 0 Å². The summed E-state index contributed by atoms with van der Waals surface area (Å²) >= 11 is 0. The fourth-order valence-electron chi connectivity index (χ4n) is 2.45. The summed E-state index contributed by atoms with van der Waals surface area (Å²) in [4.78, 5) is 2.58. The highest BCUT2D eigenvalue weighted by atomic mass is 15.2. The second kappa shape index (κ2) is 5.05. The number of hydrogen-bond donors (Lipinski definition) is 0. The molecule has 0 bridgehead atoms. The van der Waals surface area contributed by atoms with E-state index in [2.05, 4.69) is 62.1 Å². The van der Waals surface area contributed by atoms with Gasteiger partial charge in [-0.1, -0.05) is 36.4 Å². The van der Waals surface area contributed by atoms with Gasteiger partial charge < -0.3 is 0 Å². The highest BCUT2D eigenvalue weighted by Gasteiger charge is 2.22. The molecule has 0 spiro atoms. The first kappa shape index (κ1) is 12.4. The van der Waals surface area contributed by atoms with Crippen LogP contribution in [0.4, 0.5) is 0 Å². The maximum absolute atomic E-state index is 2.58. The summed E-state index contributed by atoms with van der Waals surface area (Å²) in [5.74, 6) is 0. The molecular formula is C16H23N. The Labute approximate surface area is 105 Å². The Kier molecular flexibility index (Phi) is 3.68. The SMILES string of the molecule is CC(C)(C)N1CCC=C(c2ccccc2)CC1. The molecule has 92 valence electrons. The lowest BCUT2D eigenvalue weighted by Crippen LogP contribution is -2.41. The van der Waals surface area contributed by atoms with Gasteiger partial charge in [0.2, 0.25) is 0 Å². The Morgan fingerprint density at radius 3 is 2.35 bits per heavy atom. The summed E-state index contributed by atoms with van der Waals surface area (Å²) in [5.41, 5.74) is 3.19. The Balaban J connectivity index is 2.08. The van der Waals surface area contributed by atoms with E-state index in [0.29, 0.717) is 5.54 Å². The third-order valence-electron chi connectivity index (χ3n) is 3.53. The summed E-state index contributed by atoms with van der Waals surface area (Å²) in [6, 6.07) is 10.8. The number of rotatable bonds is 1. The van der Waals surface area contributed by atoms with Crippen molar-refractivity contribution in [3.05, 3.63) is 42.0 Å². The molecule has 0 saturated heterocycles. The van der Waals surface area contributed by atoms with Crippen LogP contribution in [0.1, 0.15) is 39.2 Å². The smallest absolute Gasteiger partial charge is 0.0125 e. The minimum Gasteiger partial charge on any atom is -0.298 e. The Bertz CT molecular complexity index is 384. The zero-order chi connectivity index (χ0) is 12.3. The van der Waals surface area contributed by atoms with Gasteiger partial charge in [-0.3, -0.25) is 4.90 Å². The zero-order valence-electron chi connectivity index (χ0n) is 11.2. The van der Waals surface area contributed by atoms with E-state index in [1.165, 1.54) is 37.1 Å². The molecule has 0 radical (unpaired) electrons. The molecular weight excluding hydrogens is 206 g/mol. The van der Waals surface area contributed by atoms with Gasteiger partial charge >= 0.3 is 0 Å². The van der Waals surface area contributed by atoms with E-state index in [1.807, 2.05) is 0 Å². The molecule has 2 rings (SSSR count). The largest absolute Gasteiger partial charge is 0.298 e. The minimum absolute atomic E-state index is 0.292. The van der Waals surface area contributed by atoms with Crippen molar-refractivity contribution in [1.82, 2.24) is 4.90 Å². The van der Waals surface area contributed by atoms with Gasteiger partial charge in [0, 0.05) is 18.6 Å². The molecule has 0 fully saturated rings. The first-order valence-electron chi connectivity index (χ1n) is 6.57. The van der Waals surface area contributed by atoms with Crippen molar-refractivity contribution in [3.63, 3.8) is 0 Å². The zero-order valence-corrected chi connectivity index (χ0v) is 11.2. The van der Waals surface area contributed by atoms with Crippen molar-refractivity contribution in [1.29, 1.82) is 0 Å². The van der Waals surface area contributed by atoms with Crippen molar-refractivity contribution in [2.45, 2.75) is 39.2 Å². The van der Waals surface area contributed by atoms with Crippen LogP contribution in [-0.2, 0) is 0 Å². The predicted molar refractivity (Wildman–Crippen MR) is 75.0 cm³/mol. The van der Waals surface area contributed by atoms with E-state index in [-0.39, 0.29) is 0 Å². The van der Waals surface area contributed by atoms with E-state index in [1.54, 1.807) is 0 Å². The van der Waals surface area contributed by atoms with Crippen molar-refractivity contribution in [3.8, 4) is 0 Å². The van der Waals surface area contributed by atoms with E-state index in [4.69, 9.17) is 0 Å². The summed E-state index contributed by atoms with van der Waals surface area (Å²) in [7, 11) is 0. The third kappa shape index (κ3) is 3.19. The fraction of sp³-hybridized carbons (Fsp3) is 0.500. The van der Waals surface area contributed by atoms with E-state index in [9.17, 15) is 0 Å². The van der Waals surface area contributed by atoms with Gasteiger partial charge in [-0.05, 0) is 44.7 Å². The van der Waals surface area contributed by atoms with Gasteiger partial charge in [0.25, 0.3) is 0 Å². The first-order chi connectivity index (χ1) is 8.07. The van der Waals surface area contributed by atoms with E-state index < -0.39 is 0 Å². The van der Waals surface area contributed by atoms with Crippen LogP contribution in [0.3, 0.4) is 0 Å². The van der Waals surface area contributed by atoms with Gasteiger partial charge in [0.1, 0.15) is 0 Å². The molecule has 1 heteroatoms. The molecule has 1 aliphatic heterocycles. The van der Waals surface area contributed by atoms with Crippen molar-refractivity contribution in [2.75, 3.05) is 13.1 Å². The van der Waals surface area contributed by atoms with Crippen LogP contribution >= 0.6 is 0 Å². The molecule has 0 saturated carbocycles.